The molecule has 0 radical (unpaired) electrons. The summed E-state index contributed by atoms with van der Waals surface area (Å²) in [4.78, 5) is 0. The molecule has 1 atom stereocenters. The zero-order valence-corrected chi connectivity index (χ0v) is 21.7. The summed E-state index contributed by atoms with van der Waals surface area (Å²) in [7, 11) is 0. The van der Waals surface area contributed by atoms with Gasteiger partial charge >= 0.3 is 0 Å². The molecule has 0 spiro atoms. The van der Waals surface area contributed by atoms with Crippen LogP contribution < -0.4 is 0 Å². The van der Waals surface area contributed by atoms with Crippen molar-refractivity contribution in [1.82, 2.24) is 0 Å². The van der Waals surface area contributed by atoms with Gasteiger partial charge in [0.15, 0.2) is 0 Å². The van der Waals surface area contributed by atoms with Crippen LogP contribution in [0, 0.1) is 12.8 Å². The van der Waals surface area contributed by atoms with Gasteiger partial charge in [0.2, 0.25) is 0 Å². The van der Waals surface area contributed by atoms with Crippen molar-refractivity contribution in [2.75, 3.05) is 0 Å². The van der Waals surface area contributed by atoms with E-state index in [4.69, 9.17) is 0 Å². The van der Waals surface area contributed by atoms with Crippen molar-refractivity contribution >= 4 is 10.8 Å². The van der Waals surface area contributed by atoms with Crippen molar-refractivity contribution in [3.63, 3.8) is 0 Å². The van der Waals surface area contributed by atoms with Crippen LogP contribution in [-0.2, 0) is 11.8 Å². The largest absolute Gasteiger partial charge is 0.0876 e. The minimum Gasteiger partial charge on any atom is -0.0876 e. The van der Waals surface area contributed by atoms with E-state index in [-0.39, 0.29) is 5.41 Å². The Morgan fingerprint density at radius 1 is 0.971 bits per heavy atom. The third kappa shape index (κ3) is 4.16. The zero-order chi connectivity index (χ0) is 24.6. The van der Waals surface area contributed by atoms with Gasteiger partial charge < -0.3 is 0 Å². The molecular formula is C35H36. The smallest absolute Gasteiger partial charge is 0.0159 e. The molecule has 0 aliphatic heterocycles. The van der Waals surface area contributed by atoms with Gasteiger partial charge in [0.05, 0.1) is 0 Å². The molecule has 3 aromatic carbocycles. The van der Waals surface area contributed by atoms with E-state index in [0.29, 0.717) is 5.92 Å². The molecule has 5 rings (SSSR count). The molecule has 0 nitrogen and oxygen atoms in total. The predicted molar refractivity (Wildman–Crippen MR) is 153 cm³/mol. The van der Waals surface area contributed by atoms with E-state index < -0.39 is 0 Å². The lowest BCUT2D eigenvalue weighted by Gasteiger charge is -2.23. The Balaban J connectivity index is 1.43. The van der Waals surface area contributed by atoms with Crippen LogP contribution in [0.5, 0.6) is 0 Å². The molecule has 0 heterocycles. The Bertz CT molecular complexity index is 1430. The van der Waals surface area contributed by atoms with Crippen LogP contribution in [0.1, 0.15) is 56.4 Å². The molecule has 35 heavy (non-hydrogen) atoms. The minimum atomic E-state index is 0.0178. The van der Waals surface area contributed by atoms with Crippen molar-refractivity contribution in [3.05, 3.63) is 131 Å². The molecule has 0 heteroatoms. The number of rotatable bonds is 5. The monoisotopic (exact) mass is 456 g/mol. The van der Waals surface area contributed by atoms with Crippen LogP contribution >= 0.6 is 0 Å². The summed E-state index contributed by atoms with van der Waals surface area (Å²) in [5.41, 5.74) is 11.2. The van der Waals surface area contributed by atoms with Crippen LogP contribution in [0.3, 0.4) is 0 Å². The van der Waals surface area contributed by atoms with Crippen molar-refractivity contribution in [2.24, 2.45) is 5.92 Å². The maximum Gasteiger partial charge on any atom is 0.0159 e. The van der Waals surface area contributed by atoms with Crippen LogP contribution in [0.4, 0.5) is 0 Å². The summed E-state index contributed by atoms with van der Waals surface area (Å²) in [6, 6.07) is 18.6. The topological polar surface area (TPSA) is 0 Å². The summed E-state index contributed by atoms with van der Waals surface area (Å²) in [5.74, 6) is 0.542. The molecule has 0 aromatic heterocycles. The molecule has 0 saturated carbocycles. The standard InChI is InChI=1S/C35H36/c1-6-8-12-27(11-7-2)28-18-15-25(16-19-28)22-26-17-20-31-32(23-26)35(4,5)33-21-24(3)29-13-9-10-14-30(29)34(31)33/h6-15,17-21,23,25H,16,22H2,1-5H3/b8-6-,11-7-,27-12+. The highest BCUT2D eigenvalue weighted by molar-refractivity contribution is 6.03. The van der Waals surface area contributed by atoms with Crippen LogP contribution in [0.15, 0.2) is 108 Å². The van der Waals surface area contributed by atoms with Gasteiger partial charge in [0.25, 0.3) is 0 Å². The van der Waals surface area contributed by atoms with Gasteiger partial charge in [0, 0.05) is 5.41 Å². The average molecular weight is 457 g/mol. The van der Waals surface area contributed by atoms with Crippen molar-refractivity contribution in [3.8, 4) is 11.1 Å². The Morgan fingerprint density at radius 2 is 1.77 bits per heavy atom. The summed E-state index contributed by atoms with van der Waals surface area (Å²) in [6.45, 7) is 11.2. The number of hydrogen-bond donors (Lipinski definition) is 0. The van der Waals surface area contributed by atoms with Gasteiger partial charge in [-0.2, -0.15) is 0 Å². The van der Waals surface area contributed by atoms with Gasteiger partial charge in [-0.3, -0.25) is 0 Å². The molecule has 2 aliphatic carbocycles. The predicted octanol–water partition coefficient (Wildman–Crippen LogP) is 9.58. The SMILES string of the molecule is C\C=C/C=C(\C=C/C)C1=CCC(Cc2ccc3c(c2)C(C)(C)c2cc(C)c4ccccc4c2-3)C=C1. The molecule has 0 saturated heterocycles. The third-order valence-electron chi connectivity index (χ3n) is 7.79. The van der Waals surface area contributed by atoms with Crippen molar-refractivity contribution in [2.45, 2.75) is 52.9 Å². The summed E-state index contributed by atoms with van der Waals surface area (Å²) < 4.78 is 0. The Morgan fingerprint density at radius 3 is 2.49 bits per heavy atom. The van der Waals surface area contributed by atoms with E-state index in [1.54, 1.807) is 0 Å². The van der Waals surface area contributed by atoms with Crippen LogP contribution in [0.2, 0.25) is 0 Å². The van der Waals surface area contributed by atoms with Crippen LogP contribution in [0.25, 0.3) is 21.9 Å². The maximum absolute atomic E-state index is 2.49. The number of aryl methyl sites for hydroxylation is 1. The molecule has 1 unspecified atom stereocenters. The lowest BCUT2D eigenvalue weighted by atomic mass is 9.80. The molecule has 0 fully saturated rings. The van der Waals surface area contributed by atoms with E-state index in [1.165, 1.54) is 55.3 Å². The first-order valence-corrected chi connectivity index (χ1v) is 12.9. The minimum absolute atomic E-state index is 0.0178. The normalized spacial score (nSPS) is 18.9. The second-order valence-corrected chi connectivity index (χ2v) is 10.5. The first-order chi connectivity index (χ1) is 16.9. The lowest BCUT2D eigenvalue weighted by molar-refractivity contribution is 0.639. The fourth-order valence-electron chi connectivity index (χ4n) is 5.90. The first kappa shape index (κ1) is 23.4. The van der Waals surface area contributed by atoms with E-state index in [1.807, 2.05) is 0 Å². The quantitative estimate of drug-likeness (QED) is 0.335. The molecule has 2 aliphatic rings. The van der Waals surface area contributed by atoms with E-state index in [9.17, 15) is 0 Å². The highest BCUT2D eigenvalue weighted by Gasteiger charge is 2.37. The summed E-state index contributed by atoms with van der Waals surface area (Å²) >= 11 is 0. The fraction of sp³-hybridized carbons (Fsp3) is 0.257. The van der Waals surface area contributed by atoms with Crippen molar-refractivity contribution in [1.29, 1.82) is 0 Å². The molecule has 0 amide bonds. The zero-order valence-electron chi connectivity index (χ0n) is 21.7. The summed E-state index contributed by atoms with van der Waals surface area (Å²) in [5, 5.41) is 2.76. The van der Waals surface area contributed by atoms with Gasteiger partial charge in [0.1, 0.15) is 0 Å². The van der Waals surface area contributed by atoms with Gasteiger partial charge in [-0.25, -0.2) is 0 Å². The highest BCUT2D eigenvalue weighted by Crippen LogP contribution is 2.52. The van der Waals surface area contributed by atoms with Crippen molar-refractivity contribution < 1.29 is 0 Å². The number of hydrogen-bond acceptors (Lipinski definition) is 0. The van der Waals surface area contributed by atoms with Crippen LogP contribution in [-0.4, -0.2) is 0 Å². The number of benzene rings is 3. The second kappa shape index (κ2) is 9.34. The molecule has 3 aromatic rings. The maximum atomic E-state index is 2.49. The van der Waals surface area contributed by atoms with Gasteiger partial charge in [-0.15, -0.1) is 0 Å². The van der Waals surface area contributed by atoms with Gasteiger partial charge in [-0.05, 0) is 94.8 Å². The lowest BCUT2D eigenvalue weighted by Crippen LogP contribution is -2.16. The summed E-state index contributed by atoms with van der Waals surface area (Å²) in [6.07, 6.45) is 20.0. The molecular weight excluding hydrogens is 420 g/mol. The Hall–Kier alpha value is -3.38. The van der Waals surface area contributed by atoms with E-state index >= 15 is 0 Å². The van der Waals surface area contributed by atoms with E-state index in [0.717, 1.165) is 12.8 Å². The first-order valence-electron chi connectivity index (χ1n) is 12.9. The highest BCUT2D eigenvalue weighted by atomic mass is 14.4. The van der Waals surface area contributed by atoms with Gasteiger partial charge in [-0.1, -0.05) is 111 Å². The molecule has 176 valence electrons. The Kier molecular flexibility index (Phi) is 6.24. The van der Waals surface area contributed by atoms with E-state index in [2.05, 4.69) is 132 Å². The molecule has 0 N–H and O–H groups in total. The molecule has 0 bridgehead atoms. The number of allylic oxidation sites excluding steroid dienone is 10. The fourth-order valence-corrected chi connectivity index (χ4v) is 5.90. The average Bonchev–Trinajstić information content (AvgIpc) is 3.09. The second-order valence-electron chi connectivity index (χ2n) is 10.5. The Labute approximate surface area is 211 Å². The number of fused-ring (bicyclic) bond motifs is 5. The third-order valence-corrected chi connectivity index (χ3v) is 7.79.